The van der Waals surface area contributed by atoms with E-state index in [1.54, 1.807) is 17.3 Å². The Morgan fingerprint density at radius 1 is 0.975 bits per heavy atom. The van der Waals surface area contributed by atoms with Crippen LogP contribution in [-0.4, -0.2) is 45.5 Å². The lowest BCUT2D eigenvalue weighted by Gasteiger charge is -2.32. The number of para-hydroxylation sites is 1. The summed E-state index contributed by atoms with van der Waals surface area (Å²) in [5.74, 6) is -2.76. The Bertz CT molecular complexity index is 1510. The molecule has 2 amide bonds. The maximum Gasteiger partial charge on any atom is 0.471 e. The summed E-state index contributed by atoms with van der Waals surface area (Å²) in [6, 6.07) is 15.8. The molecule has 2 aromatic carbocycles. The van der Waals surface area contributed by atoms with Crippen molar-refractivity contribution in [1.29, 1.82) is 0 Å². The fourth-order valence-corrected chi connectivity index (χ4v) is 5.26. The molecule has 0 spiro atoms. The van der Waals surface area contributed by atoms with Gasteiger partial charge in [-0.3, -0.25) is 14.6 Å². The fourth-order valence-electron chi connectivity index (χ4n) is 5.26. The lowest BCUT2D eigenvalue weighted by molar-refractivity contribution is -0.173. The van der Waals surface area contributed by atoms with Crippen molar-refractivity contribution in [3.05, 3.63) is 101 Å². The molecule has 40 heavy (non-hydrogen) atoms. The Hall–Kier alpha value is -4.21. The second-order valence-electron chi connectivity index (χ2n) is 9.96. The van der Waals surface area contributed by atoms with E-state index in [9.17, 15) is 27.2 Å². The highest BCUT2D eigenvalue weighted by Gasteiger charge is 2.38. The minimum atomic E-state index is -4.98. The number of halogens is 4. The third-order valence-corrected chi connectivity index (χ3v) is 7.40. The summed E-state index contributed by atoms with van der Waals surface area (Å²) < 4.78 is 54.3. The molecule has 208 valence electrons. The molecule has 2 aromatic heterocycles. The first-order valence-corrected chi connectivity index (χ1v) is 13.1. The Labute approximate surface area is 228 Å². The van der Waals surface area contributed by atoms with Gasteiger partial charge in [-0.25, -0.2) is 4.39 Å². The first kappa shape index (κ1) is 27.4. The summed E-state index contributed by atoms with van der Waals surface area (Å²) in [6.45, 7) is 1.20. The van der Waals surface area contributed by atoms with Crippen molar-refractivity contribution in [3.8, 4) is 0 Å². The van der Waals surface area contributed by atoms with Crippen LogP contribution < -0.4 is 5.32 Å². The Morgan fingerprint density at radius 2 is 1.70 bits per heavy atom. The maximum atomic E-state index is 14.7. The smallest absolute Gasteiger partial charge is 0.346 e. The van der Waals surface area contributed by atoms with Crippen LogP contribution in [0.5, 0.6) is 0 Å². The van der Waals surface area contributed by atoms with Crippen LogP contribution in [0.15, 0.2) is 73.2 Å². The predicted molar refractivity (Wildman–Crippen MR) is 142 cm³/mol. The number of aryl methyl sites for hydroxylation is 2. The highest BCUT2D eigenvalue weighted by Crippen LogP contribution is 2.32. The molecule has 0 unspecified atom stereocenters. The van der Waals surface area contributed by atoms with Crippen molar-refractivity contribution in [1.82, 2.24) is 19.8 Å². The molecular formula is C30H28F4N4O2. The van der Waals surface area contributed by atoms with Crippen LogP contribution in [-0.2, 0) is 24.3 Å². The molecule has 6 nitrogen and oxygen atoms in total. The number of carbonyl (C=O) groups is 2. The van der Waals surface area contributed by atoms with Crippen molar-refractivity contribution < 1.29 is 27.2 Å². The molecule has 1 saturated heterocycles. The molecule has 4 aromatic rings. The zero-order chi connectivity index (χ0) is 28.3. The maximum absolute atomic E-state index is 14.7. The fraction of sp³-hybridized carbons (Fsp3) is 0.300. The number of nitrogens with zero attached hydrogens (tertiary/aromatic N) is 3. The van der Waals surface area contributed by atoms with Gasteiger partial charge in [-0.2, -0.15) is 13.2 Å². The largest absolute Gasteiger partial charge is 0.471 e. The number of nitrogens with one attached hydrogen (secondary N) is 1. The molecule has 1 N–H and O–H groups in total. The van der Waals surface area contributed by atoms with Gasteiger partial charge in [-0.1, -0.05) is 30.3 Å². The first-order valence-electron chi connectivity index (χ1n) is 13.1. The number of aromatic nitrogens is 2. The highest BCUT2D eigenvalue weighted by atomic mass is 19.4. The summed E-state index contributed by atoms with van der Waals surface area (Å²) in [6.07, 6.45) is 2.27. The van der Waals surface area contributed by atoms with Crippen LogP contribution in [0.1, 0.15) is 45.8 Å². The molecular weight excluding hydrogens is 524 g/mol. The van der Waals surface area contributed by atoms with Crippen molar-refractivity contribution in [2.75, 3.05) is 13.1 Å². The molecule has 0 aliphatic carbocycles. The minimum absolute atomic E-state index is 0.0820. The minimum Gasteiger partial charge on any atom is -0.346 e. The lowest BCUT2D eigenvalue weighted by Crippen LogP contribution is -2.38. The number of rotatable bonds is 7. The number of hydrogen-bond donors (Lipinski definition) is 1. The third-order valence-electron chi connectivity index (χ3n) is 7.40. The molecule has 1 aliphatic rings. The summed E-state index contributed by atoms with van der Waals surface area (Å²) in [5.41, 5.74) is 3.52. The van der Waals surface area contributed by atoms with E-state index in [-0.39, 0.29) is 18.4 Å². The number of piperidine rings is 1. The van der Waals surface area contributed by atoms with Gasteiger partial charge in [-0.05, 0) is 66.1 Å². The van der Waals surface area contributed by atoms with Crippen LogP contribution in [0.25, 0.3) is 10.9 Å². The second-order valence-corrected chi connectivity index (χ2v) is 9.96. The Kier molecular flexibility index (Phi) is 7.86. The average molecular weight is 553 g/mol. The van der Waals surface area contributed by atoms with Gasteiger partial charge >= 0.3 is 12.1 Å². The summed E-state index contributed by atoms with van der Waals surface area (Å²) in [4.78, 5) is 30.6. The summed E-state index contributed by atoms with van der Waals surface area (Å²) in [5, 5.41) is 2.70. The molecule has 0 radical (unpaired) electrons. The monoisotopic (exact) mass is 552 g/mol. The van der Waals surface area contributed by atoms with Crippen LogP contribution >= 0.6 is 0 Å². The third kappa shape index (κ3) is 6.00. The number of carbonyl (C=O) groups excluding carboxylic acids is 2. The molecule has 1 aliphatic heterocycles. The van der Waals surface area contributed by atoms with Crippen molar-refractivity contribution in [3.63, 3.8) is 0 Å². The van der Waals surface area contributed by atoms with Crippen LogP contribution in [0.3, 0.4) is 0 Å². The van der Waals surface area contributed by atoms with E-state index in [2.05, 4.69) is 9.55 Å². The number of likely N-dealkylation sites (tertiary alicyclic amines) is 1. The zero-order valence-corrected chi connectivity index (χ0v) is 21.6. The van der Waals surface area contributed by atoms with Crippen molar-refractivity contribution in [2.45, 2.75) is 44.4 Å². The second kappa shape index (κ2) is 11.5. The highest BCUT2D eigenvalue weighted by molar-refractivity contribution is 6.07. The number of benzene rings is 2. The van der Waals surface area contributed by atoms with E-state index in [1.165, 1.54) is 18.2 Å². The van der Waals surface area contributed by atoms with Gasteiger partial charge < -0.3 is 14.8 Å². The molecule has 0 atom stereocenters. The van der Waals surface area contributed by atoms with E-state index in [0.717, 1.165) is 22.9 Å². The molecule has 5 rings (SSSR count). The zero-order valence-electron chi connectivity index (χ0n) is 21.6. The van der Waals surface area contributed by atoms with E-state index in [0.29, 0.717) is 49.2 Å². The predicted octanol–water partition coefficient (Wildman–Crippen LogP) is 5.62. The van der Waals surface area contributed by atoms with E-state index < -0.39 is 17.9 Å². The topological polar surface area (TPSA) is 67.2 Å². The van der Waals surface area contributed by atoms with Crippen molar-refractivity contribution in [2.24, 2.45) is 0 Å². The Balaban J connectivity index is 1.26. The van der Waals surface area contributed by atoms with Gasteiger partial charge in [0, 0.05) is 55.7 Å². The van der Waals surface area contributed by atoms with E-state index in [4.69, 9.17) is 0 Å². The molecule has 0 bridgehead atoms. The van der Waals surface area contributed by atoms with Crippen LogP contribution in [0.4, 0.5) is 17.6 Å². The summed E-state index contributed by atoms with van der Waals surface area (Å²) in [7, 11) is 0. The standard InChI is InChI=1S/C30H28F4N4O2/c31-26-6-5-21(18-36-29(40)30(32,33)34)17-24(26)22-10-15-37(16-11-22)28(39)25-19-38(27-4-2-1-3-23(25)27)14-9-20-7-12-35-13-8-20/h1-8,12-13,17,19,22H,9-11,14-16,18H2,(H,36,40). The Morgan fingerprint density at radius 3 is 2.42 bits per heavy atom. The van der Waals surface area contributed by atoms with Crippen LogP contribution in [0, 0.1) is 5.82 Å². The van der Waals surface area contributed by atoms with Gasteiger partial charge in [0.1, 0.15) is 5.82 Å². The molecule has 3 heterocycles. The number of alkyl halides is 3. The number of hydrogen-bond acceptors (Lipinski definition) is 3. The normalized spacial score (nSPS) is 14.4. The number of amides is 2. The average Bonchev–Trinajstić information content (AvgIpc) is 3.34. The van der Waals surface area contributed by atoms with Gasteiger partial charge in [0.2, 0.25) is 0 Å². The van der Waals surface area contributed by atoms with Gasteiger partial charge in [-0.15, -0.1) is 0 Å². The SMILES string of the molecule is O=C(c1cn(CCc2ccncc2)c2ccccc12)N1CCC(c2cc(CNC(=O)C(F)(F)F)ccc2F)CC1. The first-order chi connectivity index (χ1) is 19.2. The molecule has 0 saturated carbocycles. The van der Waals surface area contributed by atoms with Crippen molar-refractivity contribution >= 4 is 22.7 Å². The molecule has 1 fully saturated rings. The van der Waals surface area contributed by atoms with E-state index in [1.807, 2.05) is 47.9 Å². The van der Waals surface area contributed by atoms with E-state index >= 15 is 0 Å². The van der Waals surface area contributed by atoms with Crippen LogP contribution in [0.2, 0.25) is 0 Å². The van der Waals surface area contributed by atoms with Gasteiger partial charge in [0.05, 0.1) is 5.56 Å². The number of pyridine rings is 1. The van der Waals surface area contributed by atoms with Gasteiger partial charge in [0.15, 0.2) is 0 Å². The molecule has 10 heteroatoms. The lowest BCUT2D eigenvalue weighted by atomic mass is 9.88. The summed E-state index contributed by atoms with van der Waals surface area (Å²) >= 11 is 0. The van der Waals surface area contributed by atoms with Gasteiger partial charge in [0.25, 0.3) is 5.91 Å². The number of fused-ring (bicyclic) bond motifs is 1. The quantitative estimate of drug-likeness (QED) is 0.303.